The molecule has 9 heteroatoms. The molecule has 0 saturated heterocycles. The first-order valence-electron chi connectivity index (χ1n) is 7.95. The van der Waals surface area contributed by atoms with Gasteiger partial charge in [0.1, 0.15) is 0 Å². The molecule has 0 fully saturated rings. The van der Waals surface area contributed by atoms with Crippen molar-refractivity contribution in [2.24, 2.45) is 5.10 Å². The van der Waals surface area contributed by atoms with E-state index in [1.807, 2.05) is 0 Å². The molecule has 1 aromatic heterocycles. The van der Waals surface area contributed by atoms with Crippen molar-refractivity contribution >= 4 is 34.6 Å². The van der Waals surface area contributed by atoms with Gasteiger partial charge < -0.3 is 9.73 Å². The lowest BCUT2D eigenvalue weighted by atomic mass is 10.2. The summed E-state index contributed by atoms with van der Waals surface area (Å²) in [6, 6.07) is 13.9. The average Bonchev–Trinajstić information content (AvgIpc) is 3.20. The van der Waals surface area contributed by atoms with Gasteiger partial charge in [0.05, 0.1) is 17.5 Å². The van der Waals surface area contributed by atoms with Gasteiger partial charge in [-0.15, -0.1) is 0 Å². The average molecular weight is 408 g/mol. The van der Waals surface area contributed by atoms with Crippen molar-refractivity contribution in [3.63, 3.8) is 0 Å². The van der Waals surface area contributed by atoms with E-state index < -0.39 is 17.5 Å². The maximum absolute atomic E-state index is 12.9. The van der Waals surface area contributed by atoms with E-state index in [9.17, 15) is 18.0 Å². The van der Waals surface area contributed by atoms with Crippen LogP contribution in [0, 0.1) is 0 Å². The summed E-state index contributed by atoms with van der Waals surface area (Å²) in [4.78, 5) is 12.6. The Morgan fingerprint density at radius 1 is 1.00 bits per heavy atom. The number of anilines is 2. The molecule has 0 amide bonds. The monoisotopic (exact) mass is 407 g/mol. The van der Waals surface area contributed by atoms with E-state index in [-0.39, 0.29) is 17.3 Å². The fourth-order valence-corrected chi connectivity index (χ4v) is 2.34. The van der Waals surface area contributed by atoms with Gasteiger partial charge in [-0.05, 0) is 54.6 Å². The number of nitrogens with zero attached hydrogens (tertiary/aromatic N) is 1. The van der Waals surface area contributed by atoms with Gasteiger partial charge in [0.25, 0.3) is 5.78 Å². The first-order chi connectivity index (χ1) is 13.3. The van der Waals surface area contributed by atoms with Crippen LogP contribution in [0.15, 0.2) is 76.4 Å². The number of hydrazone groups is 1. The minimum Gasteiger partial charge on any atom is -0.461 e. The largest absolute Gasteiger partial charge is 0.461 e. The predicted octanol–water partition coefficient (Wildman–Crippen LogP) is 5.67. The number of rotatable bonds is 5. The van der Waals surface area contributed by atoms with Crippen LogP contribution in [0.25, 0.3) is 0 Å². The standard InChI is InChI=1S/C19H13ClF3N3O2/c20-13-6-8-14(9-7-13)25-26-18(17(27)16-5-2-10-28-16)24-15-4-1-3-12(11-15)19(21,22)23/h1-11,25H,(H,24,26). The number of alkyl halides is 3. The second-order valence-electron chi connectivity index (χ2n) is 5.59. The van der Waals surface area contributed by atoms with Gasteiger partial charge in [-0.25, -0.2) is 0 Å². The number of hydrogen-bond donors (Lipinski definition) is 2. The van der Waals surface area contributed by atoms with Crippen molar-refractivity contribution in [3.05, 3.63) is 83.3 Å². The number of carbonyl (C=O) groups is 1. The summed E-state index contributed by atoms with van der Waals surface area (Å²) < 4.78 is 43.8. The maximum atomic E-state index is 12.9. The van der Waals surface area contributed by atoms with Crippen LogP contribution in [0.5, 0.6) is 0 Å². The number of ketones is 1. The number of benzene rings is 2. The van der Waals surface area contributed by atoms with E-state index in [4.69, 9.17) is 16.0 Å². The summed E-state index contributed by atoms with van der Waals surface area (Å²) in [6.45, 7) is 0. The number of hydrogen-bond acceptors (Lipinski definition) is 4. The van der Waals surface area contributed by atoms with Crippen LogP contribution < -0.4 is 10.7 Å². The zero-order chi connectivity index (χ0) is 20.1. The molecule has 2 N–H and O–H groups in total. The van der Waals surface area contributed by atoms with Crippen molar-refractivity contribution < 1.29 is 22.4 Å². The molecule has 3 aromatic rings. The van der Waals surface area contributed by atoms with Crippen LogP contribution in [0.4, 0.5) is 24.5 Å². The molecule has 28 heavy (non-hydrogen) atoms. The molecule has 0 aliphatic rings. The first kappa shape index (κ1) is 19.5. The summed E-state index contributed by atoms with van der Waals surface area (Å²) >= 11 is 5.82. The van der Waals surface area contributed by atoms with E-state index in [1.54, 1.807) is 24.3 Å². The molecule has 144 valence electrons. The van der Waals surface area contributed by atoms with Crippen molar-refractivity contribution in [2.45, 2.75) is 6.18 Å². The third-order valence-corrected chi connectivity index (χ3v) is 3.81. The molecule has 0 aliphatic heterocycles. The van der Waals surface area contributed by atoms with Gasteiger partial charge in [0.15, 0.2) is 5.76 Å². The summed E-state index contributed by atoms with van der Waals surface area (Å²) in [5.41, 5.74) is 2.38. The van der Waals surface area contributed by atoms with Crippen LogP contribution in [0.2, 0.25) is 5.02 Å². The third kappa shape index (κ3) is 4.92. The second-order valence-corrected chi connectivity index (χ2v) is 6.03. The highest BCUT2D eigenvalue weighted by atomic mass is 35.5. The number of Topliss-reactive ketones (excluding diaryl/α,β-unsaturated/α-hetero) is 1. The molecule has 1 heterocycles. The Kier molecular flexibility index (Phi) is 5.70. The molecule has 0 bridgehead atoms. The zero-order valence-electron chi connectivity index (χ0n) is 14.1. The van der Waals surface area contributed by atoms with Gasteiger partial charge in [0.2, 0.25) is 5.84 Å². The van der Waals surface area contributed by atoms with E-state index in [0.29, 0.717) is 10.7 Å². The minimum atomic E-state index is -4.51. The van der Waals surface area contributed by atoms with Crippen LogP contribution in [-0.4, -0.2) is 11.6 Å². The summed E-state index contributed by atoms with van der Waals surface area (Å²) in [6.07, 6.45) is -3.21. The molecule has 5 nitrogen and oxygen atoms in total. The van der Waals surface area contributed by atoms with Gasteiger partial charge in [-0.1, -0.05) is 17.7 Å². The van der Waals surface area contributed by atoms with Crippen LogP contribution in [0.1, 0.15) is 16.1 Å². The topological polar surface area (TPSA) is 66.6 Å². The fourth-order valence-electron chi connectivity index (χ4n) is 2.21. The highest BCUT2D eigenvalue weighted by molar-refractivity contribution is 6.48. The molecule has 0 aliphatic carbocycles. The van der Waals surface area contributed by atoms with Gasteiger partial charge in [0, 0.05) is 10.7 Å². The smallest absolute Gasteiger partial charge is 0.416 e. The van der Waals surface area contributed by atoms with Crippen molar-refractivity contribution in [1.82, 2.24) is 0 Å². The van der Waals surface area contributed by atoms with Gasteiger partial charge in [-0.3, -0.25) is 10.2 Å². The van der Waals surface area contributed by atoms with Crippen LogP contribution in [0.3, 0.4) is 0 Å². The van der Waals surface area contributed by atoms with E-state index in [1.165, 1.54) is 30.5 Å². The van der Waals surface area contributed by atoms with E-state index in [0.717, 1.165) is 12.1 Å². The molecule has 3 rings (SSSR count). The van der Waals surface area contributed by atoms with E-state index in [2.05, 4.69) is 15.8 Å². The number of carbonyl (C=O) groups excluding carboxylic acids is 1. The van der Waals surface area contributed by atoms with Crippen LogP contribution >= 0.6 is 11.6 Å². The Morgan fingerprint density at radius 3 is 2.39 bits per heavy atom. The quantitative estimate of drug-likeness (QED) is 0.247. The molecule has 0 radical (unpaired) electrons. The van der Waals surface area contributed by atoms with Gasteiger partial charge in [-0.2, -0.15) is 18.3 Å². The lowest BCUT2D eigenvalue weighted by Gasteiger charge is -2.12. The third-order valence-electron chi connectivity index (χ3n) is 3.55. The normalized spacial score (nSPS) is 11.9. The Bertz CT molecular complexity index is 984. The molecule has 0 spiro atoms. The Balaban J connectivity index is 1.89. The number of halogens is 4. The lowest BCUT2D eigenvalue weighted by Crippen LogP contribution is -2.24. The summed E-state index contributed by atoms with van der Waals surface area (Å²) in [5.74, 6) is -0.899. The molecule has 0 saturated carbocycles. The van der Waals surface area contributed by atoms with Gasteiger partial charge >= 0.3 is 6.18 Å². The molecule has 0 unspecified atom stereocenters. The predicted molar refractivity (Wildman–Crippen MR) is 101 cm³/mol. The van der Waals surface area contributed by atoms with Crippen molar-refractivity contribution in [3.8, 4) is 0 Å². The number of furan rings is 1. The molecule has 2 aromatic carbocycles. The second kappa shape index (κ2) is 8.18. The van der Waals surface area contributed by atoms with Crippen molar-refractivity contribution in [1.29, 1.82) is 0 Å². The Morgan fingerprint density at radius 2 is 1.75 bits per heavy atom. The molecular formula is C19H13ClF3N3O2. The SMILES string of the molecule is O=C(/C(=N/Nc1ccc(Cl)cc1)Nc1cccc(C(F)(F)F)c1)c1ccco1. The molecule has 0 atom stereocenters. The Hall–Kier alpha value is -3.26. The summed E-state index contributed by atoms with van der Waals surface area (Å²) in [7, 11) is 0. The number of amidine groups is 1. The lowest BCUT2D eigenvalue weighted by molar-refractivity contribution is -0.137. The highest BCUT2D eigenvalue weighted by Crippen LogP contribution is 2.30. The first-order valence-corrected chi connectivity index (χ1v) is 8.32. The highest BCUT2D eigenvalue weighted by Gasteiger charge is 2.30. The minimum absolute atomic E-state index is 0.0175. The molecular weight excluding hydrogens is 395 g/mol. The fraction of sp³-hybridized carbons (Fsp3) is 0.0526. The van der Waals surface area contributed by atoms with E-state index >= 15 is 0 Å². The number of nitrogens with one attached hydrogen (secondary N) is 2. The summed E-state index contributed by atoms with van der Waals surface area (Å²) in [5, 5.41) is 7.12. The maximum Gasteiger partial charge on any atom is 0.416 e. The van der Waals surface area contributed by atoms with Crippen LogP contribution in [-0.2, 0) is 6.18 Å². The van der Waals surface area contributed by atoms with Crippen molar-refractivity contribution in [2.75, 3.05) is 10.7 Å². The Labute approximate surface area is 162 Å². The zero-order valence-corrected chi connectivity index (χ0v) is 14.9.